The molecule has 3 aliphatic rings. The number of methoxy groups -OCH3 is 1. The second-order valence-corrected chi connectivity index (χ2v) is 5.86. The van der Waals surface area contributed by atoms with E-state index in [0.717, 1.165) is 31.5 Å². The van der Waals surface area contributed by atoms with E-state index < -0.39 is 5.79 Å². The van der Waals surface area contributed by atoms with E-state index in [1.165, 1.54) is 12.8 Å². The smallest absolute Gasteiger partial charge is 0.227 e. The van der Waals surface area contributed by atoms with Crippen molar-refractivity contribution in [2.24, 2.45) is 0 Å². The number of ether oxygens (including phenoxy) is 2. The molecule has 4 nitrogen and oxygen atoms in total. The predicted octanol–water partition coefficient (Wildman–Crippen LogP) is 2.75. The third-order valence-corrected chi connectivity index (χ3v) is 4.50. The average molecular weight is 277 g/mol. The molecule has 2 aliphatic carbocycles. The lowest BCUT2D eigenvalue weighted by atomic mass is 10.0. The van der Waals surface area contributed by atoms with E-state index in [-0.39, 0.29) is 5.91 Å². The maximum Gasteiger partial charge on any atom is 0.227 e. The number of amides is 1. The van der Waals surface area contributed by atoms with Crippen LogP contribution in [-0.4, -0.2) is 36.4 Å². The lowest BCUT2D eigenvalue weighted by Crippen LogP contribution is -2.38. The highest BCUT2D eigenvalue weighted by Gasteiger charge is 2.35. The molecule has 1 saturated heterocycles. The number of carbonyl (C=O) groups excluding carboxylic acids is 1. The second-order valence-electron chi connectivity index (χ2n) is 5.86. The zero-order valence-corrected chi connectivity index (χ0v) is 12.1. The number of hydrogen-bond acceptors (Lipinski definition) is 3. The van der Waals surface area contributed by atoms with E-state index in [4.69, 9.17) is 9.47 Å². The predicted molar refractivity (Wildman–Crippen MR) is 75.9 cm³/mol. The Balaban J connectivity index is 1.67. The first-order chi connectivity index (χ1) is 9.72. The van der Waals surface area contributed by atoms with Gasteiger partial charge in [-0.15, -0.1) is 0 Å². The van der Waals surface area contributed by atoms with Gasteiger partial charge in [0.15, 0.2) is 5.79 Å². The summed E-state index contributed by atoms with van der Waals surface area (Å²) in [6.45, 7) is 0.832. The molecule has 0 aromatic carbocycles. The summed E-state index contributed by atoms with van der Waals surface area (Å²) >= 11 is 0. The van der Waals surface area contributed by atoms with Gasteiger partial charge in [-0.05, 0) is 31.4 Å². The fourth-order valence-corrected chi connectivity index (χ4v) is 3.29. The van der Waals surface area contributed by atoms with Crippen molar-refractivity contribution in [1.29, 1.82) is 0 Å². The topological polar surface area (TPSA) is 38.8 Å². The largest absolute Gasteiger partial charge is 0.349 e. The minimum Gasteiger partial charge on any atom is -0.349 e. The Morgan fingerprint density at radius 3 is 2.65 bits per heavy atom. The lowest BCUT2D eigenvalue weighted by Gasteiger charge is -2.34. The molecule has 1 amide bonds. The first kappa shape index (κ1) is 13.8. The quantitative estimate of drug-likeness (QED) is 0.742. The molecule has 1 atom stereocenters. The highest BCUT2D eigenvalue weighted by molar-refractivity contribution is 5.80. The molecule has 20 heavy (non-hydrogen) atoms. The molecule has 1 aliphatic heterocycles. The molecular formula is C16H23NO3. The monoisotopic (exact) mass is 277 g/mol. The van der Waals surface area contributed by atoms with Crippen LogP contribution < -0.4 is 0 Å². The summed E-state index contributed by atoms with van der Waals surface area (Å²) in [5, 5.41) is 0. The average Bonchev–Trinajstić information content (AvgIpc) is 3.11. The summed E-state index contributed by atoms with van der Waals surface area (Å²) in [6, 6.07) is 0. The molecule has 2 fully saturated rings. The second kappa shape index (κ2) is 5.70. The third-order valence-electron chi connectivity index (χ3n) is 4.50. The number of likely N-dealkylation sites (tertiary alicyclic amines) is 1. The van der Waals surface area contributed by atoms with Gasteiger partial charge in [-0.25, -0.2) is 0 Å². The summed E-state index contributed by atoms with van der Waals surface area (Å²) in [5.74, 6) is -0.413. The minimum atomic E-state index is -0.638. The van der Waals surface area contributed by atoms with E-state index >= 15 is 0 Å². The fourth-order valence-electron chi connectivity index (χ4n) is 3.29. The van der Waals surface area contributed by atoms with Gasteiger partial charge in [0.1, 0.15) is 0 Å². The van der Waals surface area contributed by atoms with Crippen LogP contribution in [0.15, 0.2) is 23.9 Å². The fraction of sp³-hybridized carbons (Fsp3) is 0.688. The number of nitrogens with zero attached hydrogens (tertiary/aromatic N) is 1. The van der Waals surface area contributed by atoms with Crippen LogP contribution >= 0.6 is 0 Å². The van der Waals surface area contributed by atoms with Crippen molar-refractivity contribution in [3.63, 3.8) is 0 Å². The van der Waals surface area contributed by atoms with Crippen molar-refractivity contribution in [3.05, 3.63) is 23.9 Å². The molecule has 4 heteroatoms. The molecule has 110 valence electrons. The Labute approximate surface area is 120 Å². The van der Waals surface area contributed by atoms with Crippen LogP contribution in [0.1, 0.15) is 44.9 Å². The van der Waals surface area contributed by atoms with E-state index in [1.54, 1.807) is 7.11 Å². The molecule has 0 bridgehead atoms. The van der Waals surface area contributed by atoms with Gasteiger partial charge in [0.05, 0.1) is 6.10 Å². The summed E-state index contributed by atoms with van der Waals surface area (Å²) < 4.78 is 11.8. The zero-order valence-electron chi connectivity index (χ0n) is 12.1. The van der Waals surface area contributed by atoms with Gasteiger partial charge in [-0.1, -0.05) is 18.9 Å². The summed E-state index contributed by atoms with van der Waals surface area (Å²) in [7, 11) is 1.69. The maximum absolute atomic E-state index is 11.8. The Kier molecular flexibility index (Phi) is 3.94. The van der Waals surface area contributed by atoms with Crippen LogP contribution in [0, 0.1) is 0 Å². The number of hydrogen-bond donors (Lipinski definition) is 0. The summed E-state index contributed by atoms with van der Waals surface area (Å²) in [6.07, 6.45) is 13.4. The molecule has 1 heterocycles. The first-order valence-corrected chi connectivity index (χ1v) is 7.65. The molecule has 0 spiro atoms. The first-order valence-electron chi connectivity index (χ1n) is 7.65. The van der Waals surface area contributed by atoms with E-state index in [1.807, 2.05) is 17.1 Å². The highest BCUT2D eigenvalue weighted by atomic mass is 16.7. The normalized spacial score (nSPS) is 31.1. The van der Waals surface area contributed by atoms with Gasteiger partial charge in [0, 0.05) is 32.2 Å². The van der Waals surface area contributed by atoms with Crippen LogP contribution in [0.25, 0.3) is 0 Å². The lowest BCUT2D eigenvalue weighted by molar-refractivity contribution is -0.211. The minimum absolute atomic E-state index is 0.225. The molecular weight excluding hydrogens is 254 g/mol. The van der Waals surface area contributed by atoms with Crippen LogP contribution in [0.2, 0.25) is 0 Å². The molecule has 1 saturated carbocycles. The van der Waals surface area contributed by atoms with Crippen molar-refractivity contribution in [2.75, 3.05) is 13.7 Å². The number of carbonyl (C=O) groups is 1. The van der Waals surface area contributed by atoms with E-state index in [0.29, 0.717) is 18.9 Å². The Morgan fingerprint density at radius 1 is 1.30 bits per heavy atom. The van der Waals surface area contributed by atoms with Crippen LogP contribution in [0.4, 0.5) is 0 Å². The molecule has 0 aromatic rings. The number of allylic oxidation sites excluding steroid dienone is 1. The van der Waals surface area contributed by atoms with Crippen molar-refractivity contribution in [1.82, 2.24) is 4.90 Å². The summed E-state index contributed by atoms with van der Waals surface area (Å²) in [4.78, 5) is 13.6. The SMILES string of the molecule is COC1(OC2CCCC2)C=CC(N2CCCC2=O)=CC1. The van der Waals surface area contributed by atoms with E-state index in [2.05, 4.69) is 6.08 Å². The van der Waals surface area contributed by atoms with Crippen LogP contribution in [0.3, 0.4) is 0 Å². The van der Waals surface area contributed by atoms with Crippen molar-refractivity contribution >= 4 is 5.91 Å². The molecule has 0 radical (unpaired) electrons. The zero-order chi connectivity index (χ0) is 14.0. The van der Waals surface area contributed by atoms with Gasteiger partial charge in [0.2, 0.25) is 5.91 Å². The Hall–Kier alpha value is -1.13. The van der Waals surface area contributed by atoms with Crippen LogP contribution in [0.5, 0.6) is 0 Å². The molecule has 0 aromatic heterocycles. The Morgan fingerprint density at radius 2 is 2.10 bits per heavy atom. The Bertz CT molecular complexity index is 437. The number of rotatable bonds is 4. The third kappa shape index (κ3) is 2.67. The molecule has 0 N–H and O–H groups in total. The van der Waals surface area contributed by atoms with Crippen molar-refractivity contribution < 1.29 is 14.3 Å². The van der Waals surface area contributed by atoms with Gasteiger partial charge >= 0.3 is 0 Å². The van der Waals surface area contributed by atoms with Crippen molar-refractivity contribution in [2.45, 2.75) is 56.8 Å². The van der Waals surface area contributed by atoms with E-state index in [9.17, 15) is 4.79 Å². The van der Waals surface area contributed by atoms with Gasteiger partial charge in [-0.3, -0.25) is 4.79 Å². The standard InChI is InChI=1S/C16H23NO3/c1-19-16(20-14-5-2-3-6-14)10-8-13(9-11-16)17-12-4-7-15(17)18/h8-10,14H,2-7,11-12H2,1H3. The molecule has 3 rings (SSSR count). The molecule has 1 unspecified atom stereocenters. The highest BCUT2D eigenvalue weighted by Crippen LogP contribution is 2.33. The van der Waals surface area contributed by atoms with Gasteiger partial charge in [-0.2, -0.15) is 0 Å². The van der Waals surface area contributed by atoms with Gasteiger partial charge < -0.3 is 14.4 Å². The van der Waals surface area contributed by atoms with Gasteiger partial charge in [0.25, 0.3) is 0 Å². The maximum atomic E-state index is 11.8. The van der Waals surface area contributed by atoms with Crippen LogP contribution in [-0.2, 0) is 14.3 Å². The summed E-state index contributed by atoms with van der Waals surface area (Å²) in [5.41, 5.74) is 0.996. The van der Waals surface area contributed by atoms with Crippen molar-refractivity contribution in [3.8, 4) is 0 Å².